The van der Waals surface area contributed by atoms with Crippen molar-refractivity contribution in [3.05, 3.63) is 53.6 Å². The summed E-state index contributed by atoms with van der Waals surface area (Å²) < 4.78 is 5.75. The molecule has 0 heterocycles. The molecule has 0 bridgehead atoms. The van der Waals surface area contributed by atoms with Crippen LogP contribution in [0.4, 0.5) is 0 Å². The predicted molar refractivity (Wildman–Crippen MR) is 76.4 cm³/mol. The minimum absolute atomic E-state index is 0.207. The van der Waals surface area contributed by atoms with Gasteiger partial charge in [0.05, 0.1) is 0 Å². The largest absolute Gasteiger partial charge is 0.478 e. The average molecular weight is 274 g/mol. The molecule has 0 amide bonds. The number of para-hydroxylation sites is 1. The van der Waals surface area contributed by atoms with Crippen molar-refractivity contribution in [1.82, 2.24) is 0 Å². The Balaban J connectivity index is 2.46. The van der Waals surface area contributed by atoms with Crippen LogP contribution in [-0.2, 0) is 0 Å². The highest BCUT2D eigenvalue weighted by Gasteiger charge is 2.17. The molecule has 2 rings (SSSR count). The summed E-state index contributed by atoms with van der Waals surface area (Å²) in [4.78, 5) is 12.1. The predicted octanol–water partition coefficient (Wildman–Crippen LogP) is 4.21. The molecular weight excluding hydrogens is 260 g/mol. The standard InChI is InChI=1S/C15H14O3S/c1-10-6-3-4-7-11(10)18-12-8-5-9-13(19-2)14(12)15(16)17/h3-9H,1-2H3,(H,16,17). The number of carboxylic acid groups (broad SMARTS) is 1. The summed E-state index contributed by atoms with van der Waals surface area (Å²) in [5.74, 6) is 0.0606. The number of carboxylic acids is 1. The molecule has 1 N–H and O–H groups in total. The second-order valence-corrected chi connectivity index (χ2v) is 4.85. The number of carbonyl (C=O) groups is 1. The Labute approximate surface area is 116 Å². The van der Waals surface area contributed by atoms with E-state index < -0.39 is 5.97 Å². The van der Waals surface area contributed by atoms with Crippen molar-refractivity contribution in [3.8, 4) is 11.5 Å². The highest BCUT2D eigenvalue weighted by molar-refractivity contribution is 7.98. The second kappa shape index (κ2) is 5.80. The Bertz CT molecular complexity index is 608. The van der Waals surface area contributed by atoms with Crippen LogP contribution < -0.4 is 4.74 Å². The lowest BCUT2D eigenvalue weighted by Crippen LogP contribution is -2.02. The van der Waals surface area contributed by atoms with Gasteiger partial charge in [-0.25, -0.2) is 4.79 Å². The number of hydrogen-bond acceptors (Lipinski definition) is 3. The highest BCUT2D eigenvalue weighted by atomic mass is 32.2. The maximum absolute atomic E-state index is 11.4. The van der Waals surface area contributed by atoms with Crippen LogP contribution in [0.3, 0.4) is 0 Å². The molecule has 0 spiro atoms. The number of aromatic carboxylic acids is 1. The van der Waals surface area contributed by atoms with E-state index in [1.165, 1.54) is 11.8 Å². The van der Waals surface area contributed by atoms with Gasteiger partial charge < -0.3 is 9.84 Å². The van der Waals surface area contributed by atoms with Gasteiger partial charge in [0.15, 0.2) is 0 Å². The van der Waals surface area contributed by atoms with Crippen LogP contribution in [-0.4, -0.2) is 17.3 Å². The molecule has 0 unspecified atom stereocenters. The van der Waals surface area contributed by atoms with Crippen molar-refractivity contribution in [2.45, 2.75) is 11.8 Å². The number of aryl methyl sites for hydroxylation is 1. The van der Waals surface area contributed by atoms with E-state index in [4.69, 9.17) is 4.74 Å². The molecule has 0 aliphatic rings. The Morgan fingerprint density at radius 1 is 1.11 bits per heavy atom. The van der Waals surface area contributed by atoms with Crippen LogP contribution in [0.5, 0.6) is 11.5 Å². The van der Waals surface area contributed by atoms with Gasteiger partial charge in [-0.15, -0.1) is 11.8 Å². The lowest BCUT2D eigenvalue weighted by Gasteiger charge is -2.12. The first kappa shape index (κ1) is 13.5. The Kier molecular flexibility index (Phi) is 4.12. The van der Waals surface area contributed by atoms with Crippen LogP contribution in [0.2, 0.25) is 0 Å². The molecule has 0 aliphatic carbocycles. The fourth-order valence-electron chi connectivity index (χ4n) is 1.77. The van der Waals surface area contributed by atoms with Gasteiger partial charge in [-0.2, -0.15) is 0 Å². The van der Waals surface area contributed by atoms with E-state index in [1.54, 1.807) is 18.2 Å². The van der Waals surface area contributed by atoms with Crippen molar-refractivity contribution < 1.29 is 14.6 Å². The zero-order chi connectivity index (χ0) is 13.8. The van der Waals surface area contributed by atoms with Crippen LogP contribution >= 0.6 is 11.8 Å². The van der Waals surface area contributed by atoms with Crippen LogP contribution in [0.25, 0.3) is 0 Å². The minimum atomic E-state index is -0.978. The molecule has 0 saturated heterocycles. The summed E-state index contributed by atoms with van der Waals surface area (Å²) in [5, 5.41) is 9.33. The summed E-state index contributed by atoms with van der Waals surface area (Å²) >= 11 is 1.39. The lowest BCUT2D eigenvalue weighted by molar-refractivity contribution is 0.0690. The molecule has 0 aromatic heterocycles. The normalized spacial score (nSPS) is 10.2. The topological polar surface area (TPSA) is 46.5 Å². The van der Waals surface area contributed by atoms with E-state index in [-0.39, 0.29) is 5.56 Å². The SMILES string of the molecule is CSc1cccc(Oc2ccccc2C)c1C(=O)O. The fraction of sp³-hybridized carbons (Fsp3) is 0.133. The monoisotopic (exact) mass is 274 g/mol. The quantitative estimate of drug-likeness (QED) is 0.848. The first-order valence-electron chi connectivity index (χ1n) is 5.77. The molecule has 0 saturated carbocycles. The van der Waals surface area contributed by atoms with Crippen molar-refractivity contribution in [3.63, 3.8) is 0 Å². The second-order valence-electron chi connectivity index (χ2n) is 4.01. The van der Waals surface area contributed by atoms with Crippen molar-refractivity contribution in [1.29, 1.82) is 0 Å². The molecule has 4 heteroatoms. The van der Waals surface area contributed by atoms with Crippen LogP contribution in [0.1, 0.15) is 15.9 Å². The molecule has 19 heavy (non-hydrogen) atoms. The summed E-state index contributed by atoms with van der Waals surface area (Å²) in [5.41, 5.74) is 1.17. The molecular formula is C15H14O3S. The summed E-state index contributed by atoms with van der Waals surface area (Å²) in [6, 6.07) is 12.8. The van der Waals surface area contributed by atoms with Gasteiger partial charge in [-0.1, -0.05) is 24.3 Å². The Hall–Kier alpha value is -1.94. The smallest absolute Gasteiger partial charge is 0.340 e. The number of thioether (sulfide) groups is 1. The van der Waals surface area contributed by atoms with Gasteiger partial charge in [0.25, 0.3) is 0 Å². The van der Waals surface area contributed by atoms with E-state index in [0.29, 0.717) is 16.4 Å². The molecule has 0 fully saturated rings. The Morgan fingerprint density at radius 3 is 2.42 bits per heavy atom. The first-order valence-corrected chi connectivity index (χ1v) is 6.99. The molecule has 2 aromatic rings. The summed E-state index contributed by atoms with van der Waals surface area (Å²) in [7, 11) is 0. The van der Waals surface area contributed by atoms with Gasteiger partial charge in [-0.05, 0) is 36.9 Å². The zero-order valence-corrected chi connectivity index (χ0v) is 11.5. The summed E-state index contributed by atoms with van der Waals surface area (Å²) in [6.45, 7) is 1.92. The molecule has 98 valence electrons. The van der Waals surface area contributed by atoms with Gasteiger partial charge in [0.2, 0.25) is 0 Å². The Morgan fingerprint density at radius 2 is 1.79 bits per heavy atom. The van der Waals surface area contributed by atoms with Crippen molar-refractivity contribution >= 4 is 17.7 Å². The van der Waals surface area contributed by atoms with Gasteiger partial charge in [0, 0.05) is 4.90 Å². The molecule has 2 aromatic carbocycles. The fourth-order valence-corrected chi connectivity index (χ4v) is 2.37. The third kappa shape index (κ3) is 2.90. The van der Waals surface area contributed by atoms with E-state index in [2.05, 4.69) is 0 Å². The number of rotatable bonds is 4. The zero-order valence-electron chi connectivity index (χ0n) is 10.7. The number of hydrogen-bond donors (Lipinski definition) is 1. The third-order valence-corrected chi connectivity index (χ3v) is 3.52. The lowest BCUT2D eigenvalue weighted by atomic mass is 10.2. The van der Waals surface area contributed by atoms with Gasteiger partial charge in [-0.3, -0.25) is 0 Å². The number of benzene rings is 2. The van der Waals surface area contributed by atoms with Crippen LogP contribution in [0, 0.1) is 6.92 Å². The van der Waals surface area contributed by atoms with Crippen LogP contribution in [0.15, 0.2) is 47.4 Å². The summed E-state index contributed by atoms with van der Waals surface area (Å²) in [6.07, 6.45) is 1.85. The molecule has 3 nitrogen and oxygen atoms in total. The van der Waals surface area contributed by atoms with Gasteiger partial charge in [0.1, 0.15) is 17.1 Å². The van der Waals surface area contributed by atoms with Gasteiger partial charge >= 0.3 is 5.97 Å². The first-order chi connectivity index (χ1) is 9.13. The third-order valence-electron chi connectivity index (χ3n) is 2.74. The minimum Gasteiger partial charge on any atom is -0.478 e. The van der Waals surface area contributed by atoms with E-state index in [9.17, 15) is 9.90 Å². The average Bonchev–Trinajstić information content (AvgIpc) is 2.40. The van der Waals surface area contributed by atoms with Crippen molar-refractivity contribution in [2.75, 3.05) is 6.26 Å². The van der Waals surface area contributed by atoms with Crippen molar-refractivity contribution in [2.24, 2.45) is 0 Å². The number of ether oxygens (including phenoxy) is 1. The van der Waals surface area contributed by atoms with E-state index in [0.717, 1.165) is 5.56 Å². The molecule has 0 radical (unpaired) electrons. The molecule has 0 aliphatic heterocycles. The molecule has 0 atom stereocenters. The maximum Gasteiger partial charge on any atom is 0.340 e. The highest BCUT2D eigenvalue weighted by Crippen LogP contribution is 2.33. The maximum atomic E-state index is 11.4. The van der Waals surface area contributed by atoms with E-state index in [1.807, 2.05) is 37.4 Å². The van der Waals surface area contributed by atoms with E-state index >= 15 is 0 Å².